The fourth-order valence-electron chi connectivity index (χ4n) is 18.1. The lowest BCUT2D eigenvalue weighted by Gasteiger charge is -2.11. The molecule has 16 aromatic carbocycles. The first-order valence-corrected chi connectivity index (χ1v) is 38.0. The van der Waals surface area contributed by atoms with E-state index in [1.165, 1.54) is 0 Å². The molecule has 24 rings (SSSR count). The van der Waals surface area contributed by atoms with Crippen LogP contribution < -0.4 is 0 Å². The zero-order chi connectivity index (χ0) is 78.9. The van der Waals surface area contributed by atoms with Gasteiger partial charge in [-0.1, -0.05) is 115 Å². The van der Waals surface area contributed by atoms with E-state index in [1.807, 2.05) is 133 Å². The van der Waals surface area contributed by atoms with Crippen molar-refractivity contribution in [2.24, 2.45) is 0 Å². The summed E-state index contributed by atoms with van der Waals surface area (Å²) < 4.78 is 34.0. The van der Waals surface area contributed by atoms with Gasteiger partial charge in [-0.25, -0.2) is 14.5 Å². The van der Waals surface area contributed by atoms with E-state index in [0.717, 1.165) is 214 Å². The van der Waals surface area contributed by atoms with Crippen molar-refractivity contribution in [2.75, 3.05) is 0 Å². The minimum atomic E-state index is 0.320. The van der Waals surface area contributed by atoms with Gasteiger partial charge in [0.1, 0.15) is 56.8 Å². The van der Waals surface area contributed by atoms with Gasteiger partial charge in [0.25, 0.3) is 0 Å². The fraction of sp³-hybridized carbons (Fsp3) is 0. The van der Waals surface area contributed by atoms with E-state index in [9.17, 15) is 21.0 Å². The molecule has 0 saturated carbocycles. The number of aromatic nitrogens is 4. The molecule has 0 radical (unpaired) electrons. The quantitative estimate of drug-likeness (QED) is 0.147. The molecule has 0 aliphatic heterocycles. The molecule has 118 heavy (non-hydrogen) atoms. The number of nitrogens with zero attached hydrogens (tertiary/aromatic N) is 11. The number of para-hydroxylation sites is 4. The zero-order valence-electron chi connectivity index (χ0n) is 61.8. The molecule has 0 saturated heterocycles. The molecular weight excluding hydrogens is 1460 g/mol. The normalized spacial score (nSPS) is 11.7. The number of benzene rings is 16. The minimum absolute atomic E-state index is 0.320. The predicted octanol–water partition coefficient (Wildman–Crippen LogP) is 27.8. The van der Waals surface area contributed by atoms with Crippen molar-refractivity contribution in [3.8, 4) is 69.3 Å². The molecule has 8 heterocycles. The van der Waals surface area contributed by atoms with Crippen molar-refractivity contribution < 1.29 is 17.7 Å². The van der Waals surface area contributed by atoms with Crippen LogP contribution in [0.15, 0.2) is 315 Å². The van der Waals surface area contributed by atoms with Crippen LogP contribution >= 0.6 is 0 Å². The first-order valence-electron chi connectivity index (χ1n) is 38.0. The first kappa shape index (κ1) is 66.2. The standard InChI is InChI=1S/C52H24N6O2.C51H25N5O2/c1-55-33-15-29(27-53)17-35(21-33)57-45-13-11-31(19-39(45)41-23-43-37-7-3-5-9-49(37)59-51(43)25-47(41)57)32-12-14-46-40(20-32)42-24-44-38-8-4-6-10-50(38)60-52(44)26-48(42)58(46)36-18-30(28-54)16-34(22-36)56-2;1-54-32-9-7-10-33(22-32)55-44-18-16-29(20-36(44)38-23-40-34-11-2-4-14-48(34)57-50(40)25-46(38)55)30-17-19-45-37(21-30)39-24-41-35-12-3-5-15-49(35)58-51(41)26-47(39)56(45)43-13-6-8-31(27-52)42(43)28-53/h3-26H;2-26H. The van der Waals surface area contributed by atoms with Crippen molar-refractivity contribution >= 4 is 192 Å². The molecule has 0 amide bonds. The van der Waals surface area contributed by atoms with Crippen LogP contribution in [0.1, 0.15) is 22.3 Å². The van der Waals surface area contributed by atoms with Crippen molar-refractivity contribution in [3.05, 3.63) is 354 Å². The Labute approximate surface area is 668 Å². The number of furan rings is 4. The molecule has 0 unspecified atom stereocenters. The highest BCUT2D eigenvalue weighted by molar-refractivity contribution is 6.23. The largest absolute Gasteiger partial charge is 0.456 e. The van der Waals surface area contributed by atoms with E-state index < -0.39 is 0 Å². The summed E-state index contributed by atoms with van der Waals surface area (Å²) in [5, 5.41) is 56.6. The minimum Gasteiger partial charge on any atom is -0.456 e. The number of hydrogen-bond acceptors (Lipinski definition) is 8. The lowest BCUT2D eigenvalue weighted by Crippen LogP contribution is -1.99. The summed E-state index contributed by atoms with van der Waals surface area (Å²) in [6, 6.07) is 108. The summed E-state index contributed by atoms with van der Waals surface area (Å²) in [5.74, 6) is 0. The van der Waals surface area contributed by atoms with Gasteiger partial charge >= 0.3 is 0 Å². The molecule has 15 nitrogen and oxygen atoms in total. The van der Waals surface area contributed by atoms with E-state index in [2.05, 4.69) is 203 Å². The van der Waals surface area contributed by atoms with E-state index in [1.54, 1.807) is 18.2 Å². The fourth-order valence-corrected chi connectivity index (χ4v) is 18.1. The Kier molecular flexibility index (Phi) is 14.1. The average Bonchev–Trinajstić information content (AvgIpc) is 1.57. The van der Waals surface area contributed by atoms with E-state index in [-0.39, 0.29) is 0 Å². The highest BCUT2D eigenvalue weighted by Gasteiger charge is 2.26. The second-order valence-corrected chi connectivity index (χ2v) is 29.6. The second kappa shape index (κ2) is 25.2. The van der Waals surface area contributed by atoms with E-state index in [0.29, 0.717) is 45.0 Å². The maximum absolute atomic E-state index is 10.3. The van der Waals surface area contributed by atoms with Gasteiger partial charge < -0.3 is 35.9 Å². The zero-order valence-corrected chi connectivity index (χ0v) is 61.8. The van der Waals surface area contributed by atoms with Gasteiger partial charge in [-0.3, -0.25) is 0 Å². The predicted molar refractivity (Wildman–Crippen MR) is 468 cm³/mol. The molecule has 0 bridgehead atoms. The third-order valence-corrected chi connectivity index (χ3v) is 23.3. The van der Waals surface area contributed by atoms with Crippen LogP contribution in [-0.2, 0) is 0 Å². The third-order valence-electron chi connectivity index (χ3n) is 23.3. The van der Waals surface area contributed by atoms with Gasteiger partial charge in [-0.05, 0) is 180 Å². The maximum atomic E-state index is 10.3. The van der Waals surface area contributed by atoms with Crippen molar-refractivity contribution in [1.82, 2.24) is 18.3 Å². The average molecular weight is 1500 g/mol. The summed E-state index contributed by atoms with van der Waals surface area (Å²) in [7, 11) is 0. The molecular formula is C103H49N11O4. The van der Waals surface area contributed by atoms with Gasteiger partial charge in [-0.15, -0.1) is 0 Å². The summed E-state index contributed by atoms with van der Waals surface area (Å²) in [4.78, 5) is 11.1. The Morgan fingerprint density at radius 1 is 0.229 bits per heavy atom. The molecule has 0 fully saturated rings. The van der Waals surface area contributed by atoms with Crippen LogP contribution in [0.3, 0.4) is 0 Å². The number of hydrogen-bond donors (Lipinski definition) is 0. The molecule has 0 N–H and O–H groups in total. The topological polar surface area (TPSA) is 181 Å². The molecule has 0 aliphatic rings. The Bertz CT molecular complexity index is 8690. The van der Waals surface area contributed by atoms with Crippen molar-refractivity contribution in [3.63, 3.8) is 0 Å². The number of rotatable bonds is 6. The molecule has 0 spiro atoms. The van der Waals surface area contributed by atoms with Gasteiger partial charge in [-0.2, -0.15) is 21.0 Å². The molecule has 8 aromatic heterocycles. The molecule has 15 heteroatoms. The highest BCUT2D eigenvalue weighted by atomic mass is 16.3. The first-order chi connectivity index (χ1) is 58.1. The summed E-state index contributed by atoms with van der Waals surface area (Å²) in [5.41, 5.74) is 23.6. The Morgan fingerprint density at radius 3 is 0.915 bits per heavy atom. The van der Waals surface area contributed by atoms with Crippen molar-refractivity contribution in [2.45, 2.75) is 0 Å². The highest BCUT2D eigenvalue weighted by Crippen LogP contribution is 2.48. The van der Waals surface area contributed by atoms with Gasteiger partial charge in [0.15, 0.2) is 17.1 Å². The van der Waals surface area contributed by atoms with Gasteiger partial charge in [0.05, 0.1) is 92.8 Å². The van der Waals surface area contributed by atoms with Crippen molar-refractivity contribution in [1.29, 1.82) is 21.0 Å². The molecule has 0 aliphatic carbocycles. The van der Waals surface area contributed by atoms with Gasteiger partial charge in [0.2, 0.25) is 0 Å². The van der Waals surface area contributed by atoms with E-state index >= 15 is 0 Å². The summed E-state index contributed by atoms with van der Waals surface area (Å²) in [6.07, 6.45) is 0. The SMILES string of the molecule is [C-]#[N+]c1cc(C#N)cc(-n2c3ccc(-c4ccc5c(c4)c4cc6c(cc4n5-c4cc(C#N)cc([N+]#[C-])c4)oc4ccccc46)cc3c3cc4c(cc32)oc2ccccc24)c1.[C-]#[N+]c1cccc(-n2c3ccc(-c4ccc5c(c4)c4cc6c(cc4n5-c4cccc(C#N)c4C#N)oc4ccccc46)cc3c3cc4c(cc32)oc2ccccc24)c1. The molecule has 0 atom stereocenters. The maximum Gasteiger partial charge on any atom is 0.190 e. The van der Waals surface area contributed by atoms with Crippen LogP contribution in [0.2, 0.25) is 0 Å². The number of fused-ring (bicyclic) bond motifs is 24. The van der Waals surface area contributed by atoms with Gasteiger partial charge in [0, 0.05) is 139 Å². The molecule has 24 aromatic rings. The Balaban J connectivity index is 0.000000138. The summed E-state index contributed by atoms with van der Waals surface area (Å²) >= 11 is 0. The Morgan fingerprint density at radius 2 is 0.559 bits per heavy atom. The molecule has 540 valence electrons. The number of nitriles is 4. The van der Waals surface area contributed by atoms with Crippen LogP contribution in [-0.4, -0.2) is 18.3 Å². The monoisotopic (exact) mass is 1500 g/mol. The van der Waals surface area contributed by atoms with Crippen LogP contribution in [0.25, 0.3) is 235 Å². The third kappa shape index (κ3) is 9.80. The lowest BCUT2D eigenvalue weighted by molar-refractivity contribution is 0.669. The Hall–Kier alpha value is -17.7. The summed E-state index contributed by atoms with van der Waals surface area (Å²) in [6.45, 7) is 23.3. The van der Waals surface area contributed by atoms with Crippen LogP contribution in [0, 0.1) is 65.0 Å². The lowest BCUT2D eigenvalue weighted by atomic mass is 10.00. The second-order valence-electron chi connectivity index (χ2n) is 29.6. The van der Waals surface area contributed by atoms with E-state index in [4.69, 9.17) is 37.4 Å². The van der Waals surface area contributed by atoms with Crippen LogP contribution in [0.5, 0.6) is 0 Å². The van der Waals surface area contributed by atoms with Crippen LogP contribution in [0.4, 0.5) is 17.1 Å². The smallest absolute Gasteiger partial charge is 0.190 e.